The SMILES string of the molecule is CCNC(=NCCCCOCc1ccccc1)NC(C)Cc1c(C)nn(C)c1C.I. The number of guanidine groups is 1. The van der Waals surface area contributed by atoms with Gasteiger partial charge in [-0.15, -0.1) is 24.0 Å². The van der Waals surface area contributed by atoms with Crippen LogP contribution < -0.4 is 10.6 Å². The van der Waals surface area contributed by atoms with Gasteiger partial charge in [-0.3, -0.25) is 9.67 Å². The maximum absolute atomic E-state index is 5.74. The van der Waals surface area contributed by atoms with E-state index in [0.29, 0.717) is 6.61 Å². The molecular weight excluding hydrogens is 489 g/mol. The Morgan fingerprint density at radius 2 is 1.93 bits per heavy atom. The summed E-state index contributed by atoms with van der Waals surface area (Å²) in [6.45, 7) is 11.6. The molecule has 1 unspecified atom stereocenters. The van der Waals surface area contributed by atoms with Crippen LogP contribution in [-0.2, 0) is 24.8 Å². The van der Waals surface area contributed by atoms with Gasteiger partial charge in [-0.25, -0.2) is 0 Å². The Balaban J connectivity index is 0.00000450. The molecule has 1 aromatic heterocycles. The Labute approximate surface area is 198 Å². The molecule has 2 rings (SSSR count). The largest absolute Gasteiger partial charge is 0.377 e. The van der Waals surface area contributed by atoms with Crippen molar-refractivity contribution in [3.63, 3.8) is 0 Å². The lowest BCUT2D eigenvalue weighted by molar-refractivity contribution is 0.117. The van der Waals surface area contributed by atoms with Gasteiger partial charge in [-0.2, -0.15) is 5.10 Å². The van der Waals surface area contributed by atoms with Crippen molar-refractivity contribution in [3.05, 3.63) is 52.8 Å². The van der Waals surface area contributed by atoms with E-state index in [2.05, 4.69) is 55.6 Å². The number of unbranched alkanes of at least 4 members (excludes halogenated alkanes) is 1. The van der Waals surface area contributed by atoms with Gasteiger partial charge >= 0.3 is 0 Å². The highest BCUT2D eigenvalue weighted by Gasteiger charge is 2.13. The summed E-state index contributed by atoms with van der Waals surface area (Å²) < 4.78 is 7.70. The fourth-order valence-electron chi connectivity index (χ4n) is 3.29. The van der Waals surface area contributed by atoms with Crippen molar-refractivity contribution in [3.8, 4) is 0 Å². The minimum atomic E-state index is 0. The summed E-state index contributed by atoms with van der Waals surface area (Å²) in [5, 5.41) is 11.4. The average Bonchev–Trinajstić information content (AvgIpc) is 2.94. The van der Waals surface area contributed by atoms with Crippen LogP contribution in [0.5, 0.6) is 0 Å². The first kappa shape index (κ1) is 26.4. The molecule has 0 aliphatic rings. The van der Waals surface area contributed by atoms with Crippen LogP contribution in [0.3, 0.4) is 0 Å². The van der Waals surface area contributed by atoms with Gasteiger partial charge in [0.2, 0.25) is 0 Å². The molecule has 0 aliphatic heterocycles. The molecule has 0 bridgehead atoms. The number of nitrogens with one attached hydrogen (secondary N) is 2. The van der Waals surface area contributed by atoms with Crippen LogP contribution in [0.2, 0.25) is 0 Å². The van der Waals surface area contributed by atoms with E-state index < -0.39 is 0 Å². The zero-order chi connectivity index (χ0) is 21.1. The second-order valence-corrected chi connectivity index (χ2v) is 7.53. The van der Waals surface area contributed by atoms with E-state index in [1.807, 2.05) is 29.9 Å². The minimum Gasteiger partial charge on any atom is -0.377 e. The van der Waals surface area contributed by atoms with Crippen molar-refractivity contribution < 1.29 is 4.74 Å². The second-order valence-electron chi connectivity index (χ2n) is 7.53. The molecule has 0 radical (unpaired) electrons. The third kappa shape index (κ3) is 9.04. The minimum absolute atomic E-state index is 0. The Morgan fingerprint density at radius 1 is 1.20 bits per heavy atom. The lowest BCUT2D eigenvalue weighted by Crippen LogP contribution is -2.43. The highest BCUT2D eigenvalue weighted by Crippen LogP contribution is 2.14. The van der Waals surface area contributed by atoms with Gasteiger partial charge in [0.15, 0.2) is 5.96 Å². The summed E-state index contributed by atoms with van der Waals surface area (Å²) >= 11 is 0. The van der Waals surface area contributed by atoms with Gasteiger partial charge in [0, 0.05) is 38.5 Å². The number of nitrogens with zero attached hydrogens (tertiary/aromatic N) is 3. The van der Waals surface area contributed by atoms with Crippen molar-refractivity contribution in [1.82, 2.24) is 20.4 Å². The second kappa shape index (κ2) is 14.4. The molecule has 0 fully saturated rings. The first-order chi connectivity index (χ1) is 14.0. The summed E-state index contributed by atoms with van der Waals surface area (Å²) in [7, 11) is 2.00. The van der Waals surface area contributed by atoms with Gasteiger partial charge in [0.25, 0.3) is 0 Å². The van der Waals surface area contributed by atoms with E-state index in [1.165, 1.54) is 16.8 Å². The monoisotopic (exact) mass is 527 g/mol. The number of hydrogen-bond acceptors (Lipinski definition) is 3. The lowest BCUT2D eigenvalue weighted by Gasteiger charge is -2.18. The molecule has 2 N–H and O–H groups in total. The summed E-state index contributed by atoms with van der Waals surface area (Å²) in [5.41, 5.74) is 4.88. The standard InChI is InChI=1S/C23H37N5O.HI/c1-6-24-23(26-18(2)16-22-19(3)27-28(5)20(22)4)25-14-10-11-15-29-17-21-12-8-7-9-13-21;/h7-9,12-13,18H,6,10-11,14-17H2,1-5H3,(H2,24,25,26);1H. The zero-order valence-corrected chi connectivity index (χ0v) is 21.4. The van der Waals surface area contributed by atoms with Gasteiger partial charge in [0.1, 0.15) is 0 Å². The molecule has 1 heterocycles. The smallest absolute Gasteiger partial charge is 0.191 e. The number of aliphatic imine (C=N–C) groups is 1. The summed E-state index contributed by atoms with van der Waals surface area (Å²) in [6.07, 6.45) is 2.96. The van der Waals surface area contributed by atoms with Crippen molar-refractivity contribution in [2.24, 2.45) is 12.0 Å². The predicted molar refractivity (Wildman–Crippen MR) is 136 cm³/mol. The molecule has 2 aromatic rings. The number of benzene rings is 1. The van der Waals surface area contributed by atoms with Crippen LogP contribution in [0.1, 0.15) is 49.2 Å². The van der Waals surface area contributed by atoms with Crippen LogP contribution in [-0.4, -0.2) is 41.5 Å². The molecular formula is C23H38IN5O. The van der Waals surface area contributed by atoms with Crippen LogP contribution in [0.15, 0.2) is 35.3 Å². The number of aryl methyl sites for hydroxylation is 2. The first-order valence-electron chi connectivity index (χ1n) is 10.7. The maximum Gasteiger partial charge on any atom is 0.191 e. The van der Waals surface area contributed by atoms with Crippen LogP contribution in [0, 0.1) is 13.8 Å². The molecule has 30 heavy (non-hydrogen) atoms. The maximum atomic E-state index is 5.74. The summed E-state index contributed by atoms with van der Waals surface area (Å²) in [4.78, 5) is 4.72. The fraction of sp³-hybridized carbons (Fsp3) is 0.565. The topological polar surface area (TPSA) is 63.5 Å². The quantitative estimate of drug-likeness (QED) is 0.200. The third-order valence-corrected chi connectivity index (χ3v) is 4.97. The Morgan fingerprint density at radius 3 is 2.57 bits per heavy atom. The molecule has 1 aromatic carbocycles. The van der Waals surface area contributed by atoms with E-state index >= 15 is 0 Å². The van der Waals surface area contributed by atoms with Crippen molar-refractivity contribution in [2.75, 3.05) is 19.7 Å². The fourth-order valence-corrected chi connectivity index (χ4v) is 3.29. The number of aromatic nitrogens is 2. The highest BCUT2D eigenvalue weighted by atomic mass is 127. The molecule has 6 nitrogen and oxygen atoms in total. The number of ether oxygens (including phenoxy) is 1. The number of rotatable bonds is 11. The highest BCUT2D eigenvalue weighted by molar-refractivity contribution is 14.0. The van der Waals surface area contributed by atoms with E-state index in [4.69, 9.17) is 9.73 Å². The van der Waals surface area contributed by atoms with Crippen molar-refractivity contribution in [1.29, 1.82) is 0 Å². The Kier molecular flexibility index (Phi) is 12.7. The van der Waals surface area contributed by atoms with E-state index in [9.17, 15) is 0 Å². The van der Waals surface area contributed by atoms with Crippen LogP contribution in [0.4, 0.5) is 0 Å². The third-order valence-electron chi connectivity index (χ3n) is 4.97. The lowest BCUT2D eigenvalue weighted by atomic mass is 10.1. The molecule has 0 saturated carbocycles. The van der Waals surface area contributed by atoms with E-state index in [0.717, 1.165) is 50.6 Å². The molecule has 168 valence electrons. The molecule has 0 saturated heterocycles. The molecule has 0 amide bonds. The Bertz CT molecular complexity index is 760. The normalized spacial score (nSPS) is 12.4. The van der Waals surface area contributed by atoms with Gasteiger partial charge in [0.05, 0.1) is 12.3 Å². The number of hydrogen-bond donors (Lipinski definition) is 2. The van der Waals surface area contributed by atoms with Gasteiger partial charge in [-0.05, 0) is 58.1 Å². The summed E-state index contributed by atoms with van der Waals surface area (Å²) in [6, 6.07) is 10.6. The van der Waals surface area contributed by atoms with Crippen LogP contribution >= 0.6 is 24.0 Å². The van der Waals surface area contributed by atoms with E-state index in [1.54, 1.807) is 0 Å². The zero-order valence-electron chi connectivity index (χ0n) is 19.1. The average molecular weight is 527 g/mol. The molecule has 7 heteroatoms. The molecule has 1 atom stereocenters. The van der Waals surface area contributed by atoms with Crippen molar-refractivity contribution in [2.45, 2.75) is 59.6 Å². The van der Waals surface area contributed by atoms with Crippen LogP contribution in [0.25, 0.3) is 0 Å². The number of halogens is 1. The summed E-state index contributed by atoms with van der Waals surface area (Å²) in [5.74, 6) is 0.879. The predicted octanol–water partition coefficient (Wildman–Crippen LogP) is 4.14. The molecule has 0 spiro atoms. The first-order valence-corrected chi connectivity index (χ1v) is 10.7. The van der Waals surface area contributed by atoms with Gasteiger partial charge < -0.3 is 15.4 Å². The Hall–Kier alpha value is -1.61. The van der Waals surface area contributed by atoms with Crippen molar-refractivity contribution >= 4 is 29.9 Å². The van der Waals surface area contributed by atoms with E-state index in [-0.39, 0.29) is 30.0 Å². The van der Waals surface area contributed by atoms with Gasteiger partial charge in [-0.1, -0.05) is 30.3 Å². The molecule has 0 aliphatic carbocycles.